The molecule has 1 atom stereocenters. The minimum atomic E-state index is -1.07. The molecule has 0 aliphatic rings. The summed E-state index contributed by atoms with van der Waals surface area (Å²) < 4.78 is 26.9. The summed E-state index contributed by atoms with van der Waals surface area (Å²) in [6, 6.07) is 9.98. The maximum absolute atomic E-state index is 13.6. The molecule has 0 radical (unpaired) electrons. The van der Waals surface area contributed by atoms with Gasteiger partial charge in [0.1, 0.15) is 17.0 Å². The van der Waals surface area contributed by atoms with Crippen molar-refractivity contribution in [2.24, 2.45) is 0 Å². The average molecular weight is 301 g/mol. The summed E-state index contributed by atoms with van der Waals surface area (Å²) in [4.78, 5) is 12.0. The van der Waals surface area contributed by atoms with Crippen molar-refractivity contribution in [3.8, 4) is 0 Å². The summed E-state index contributed by atoms with van der Waals surface area (Å²) in [5, 5.41) is -1.45. The lowest BCUT2D eigenvalue weighted by molar-refractivity contribution is 0.0982. The number of alkyl halides is 1. The quantitative estimate of drug-likeness (QED) is 0.453. The third-order valence-corrected chi connectivity index (χ3v) is 3.34. The van der Waals surface area contributed by atoms with Crippen molar-refractivity contribution >= 4 is 29.0 Å². The molecule has 2 aromatic carbocycles. The van der Waals surface area contributed by atoms with E-state index in [1.54, 1.807) is 30.3 Å². The van der Waals surface area contributed by atoms with Crippen LogP contribution in [-0.2, 0) is 0 Å². The predicted molar refractivity (Wildman–Crippen MR) is 70.7 cm³/mol. The van der Waals surface area contributed by atoms with Crippen LogP contribution in [0.15, 0.2) is 42.5 Å². The maximum Gasteiger partial charge on any atom is 0.188 e. The lowest BCUT2D eigenvalue weighted by atomic mass is 10.0. The Morgan fingerprint density at radius 1 is 1.05 bits per heavy atom. The highest BCUT2D eigenvalue weighted by atomic mass is 35.5. The van der Waals surface area contributed by atoms with E-state index in [9.17, 15) is 13.6 Å². The molecule has 0 amide bonds. The Bertz CT molecular complexity index is 614. The van der Waals surface area contributed by atoms with Gasteiger partial charge in [-0.15, -0.1) is 11.6 Å². The zero-order valence-corrected chi connectivity index (χ0v) is 11.1. The van der Waals surface area contributed by atoms with Crippen LogP contribution in [0.4, 0.5) is 8.78 Å². The van der Waals surface area contributed by atoms with E-state index in [0.717, 1.165) is 12.1 Å². The van der Waals surface area contributed by atoms with Crippen molar-refractivity contribution in [2.75, 3.05) is 0 Å². The van der Waals surface area contributed by atoms with E-state index in [-0.39, 0.29) is 5.02 Å². The van der Waals surface area contributed by atoms with Gasteiger partial charge in [0.25, 0.3) is 0 Å². The molecule has 0 bridgehead atoms. The number of hydrogen-bond acceptors (Lipinski definition) is 1. The summed E-state index contributed by atoms with van der Waals surface area (Å²) in [6.07, 6.45) is 0. The highest BCUT2D eigenvalue weighted by Gasteiger charge is 2.23. The van der Waals surface area contributed by atoms with Gasteiger partial charge in [0.05, 0.1) is 10.6 Å². The molecule has 0 saturated heterocycles. The van der Waals surface area contributed by atoms with Crippen LogP contribution in [0.3, 0.4) is 0 Å². The summed E-state index contributed by atoms with van der Waals surface area (Å²) >= 11 is 11.4. The lowest BCUT2D eigenvalue weighted by Crippen LogP contribution is -2.10. The largest absolute Gasteiger partial charge is 0.292 e. The molecule has 0 N–H and O–H groups in total. The molecule has 2 aromatic rings. The van der Waals surface area contributed by atoms with Crippen molar-refractivity contribution in [2.45, 2.75) is 5.38 Å². The molecule has 0 aliphatic heterocycles. The first kappa shape index (κ1) is 14.0. The molecule has 0 fully saturated rings. The van der Waals surface area contributed by atoms with E-state index in [2.05, 4.69) is 0 Å². The van der Waals surface area contributed by atoms with Crippen molar-refractivity contribution in [3.63, 3.8) is 0 Å². The van der Waals surface area contributed by atoms with Gasteiger partial charge >= 0.3 is 0 Å². The van der Waals surface area contributed by atoms with Gasteiger partial charge in [-0.25, -0.2) is 8.78 Å². The van der Waals surface area contributed by atoms with Crippen LogP contribution in [0.1, 0.15) is 21.3 Å². The van der Waals surface area contributed by atoms with E-state index in [1.165, 1.54) is 0 Å². The SMILES string of the molecule is O=C(c1cc(F)c(Cl)cc1F)C(Cl)c1ccccc1. The molecule has 0 aromatic heterocycles. The van der Waals surface area contributed by atoms with Gasteiger partial charge in [0, 0.05) is 0 Å². The van der Waals surface area contributed by atoms with Crippen molar-refractivity contribution < 1.29 is 13.6 Å². The number of ketones is 1. The minimum Gasteiger partial charge on any atom is -0.292 e. The zero-order chi connectivity index (χ0) is 14.0. The van der Waals surface area contributed by atoms with Gasteiger partial charge < -0.3 is 0 Å². The van der Waals surface area contributed by atoms with Crippen LogP contribution < -0.4 is 0 Å². The first-order chi connectivity index (χ1) is 9.00. The van der Waals surface area contributed by atoms with Crippen LogP contribution in [0.5, 0.6) is 0 Å². The maximum atomic E-state index is 13.6. The molecule has 0 aliphatic carbocycles. The van der Waals surface area contributed by atoms with E-state index in [4.69, 9.17) is 23.2 Å². The Labute approximate surface area is 118 Å². The normalized spacial score (nSPS) is 12.2. The number of halogens is 4. The zero-order valence-electron chi connectivity index (χ0n) is 9.54. The molecular weight excluding hydrogens is 293 g/mol. The third-order valence-electron chi connectivity index (χ3n) is 2.60. The topological polar surface area (TPSA) is 17.1 Å². The Balaban J connectivity index is 2.37. The number of carbonyl (C=O) groups is 1. The first-order valence-electron chi connectivity index (χ1n) is 5.38. The monoisotopic (exact) mass is 300 g/mol. The fraction of sp³-hybridized carbons (Fsp3) is 0.0714. The van der Waals surface area contributed by atoms with Crippen molar-refractivity contribution in [1.29, 1.82) is 0 Å². The second-order valence-electron chi connectivity index (χ2n) is 3.88. The van der Waals surface area contributed by atoms with Crippen LogP contribution in [0.25, 0.3) is 0 Å². The summed E-state index contributed by atoms with van der Waals surface area (Å²) in [7, 11) is 0. The molecule has 98 valence electrons. The molecule has 0 heterocycles. The number of carbonyl (C=O) groups excluding carboxylic acids is 1. The van der Waals surface area contributed by atoms with Crippen LogP contribution in [-0.4, -0.2) is 5.78 Å². The van der Waals surface area contributed by atoms with Crippen molar-refractivity contribution in [1.82, 2.24) is 0 Å². The van der Waals surface area contributed by atoms with Crippen molar-refractivity contribution in [3.05, 3.63) is 70.2 Å². The van der Waals surface area contributed by atoms with Gasteiger partial charge in [0.15, 0.2) is 5.78 Å². The molecule has 19 heavy (non-hydrogen) atoms. The Kier molecular flexibility index (Phi) is 4.17. The summed E-state index contributed by atoms with van der Waals surface area (Å²) in [6.45, 7) is 0. The average Bonchev–Trinajstić information content (AvgIpc) is 2.42. The number of Topliss-reactive ketones (excluding diaryl/α,β-unsaturated/α-hetero) is 1. The van der Waals surface area contributed by atoms with Crippen LogP contribution >= 0.6 is 23.2 Å². The molecular formula is C14H8Cl2F2O. The standard InChI is InChI=1S/C14H8Cl2F2O/c15-10-7-11(17)9(6-12(10)18)14(19)13(16)8-4-2-1-3-5-8/h1-7,13H. The lowest BCUT2D eigenvalue weighted by Gasteiger charge is -2.10. The molecule has 1 nitrogen and oxygen atoms in total. The van der Waals surface area contributed by atoms with Gasteiger partial charge in [-0.2, -0.15) is 0 Å². The van der Waals surface area contributed by atoms with Gasteiger partial charge in [-0.1, -0.05) is 41.9 Å². The van der Waals surface area contributed by atoms with E-state index in [0.29, 0.717) is 5.56 Å². The third kappa shape index (κ3) is 2.94. The molecule has 0 saturated carbocycles. The Morgan fingerprint density at radius 2 is 1.68 bits per heavy atom. The van der Waals surface area contributed by atoms with Crippen LogP contribution in [0, 0.1) is 11.6 Å². The Hall–Kier alpha value is -1.45. The molecule has 1 unspecified atom stereocenters. The second kappa shape index (κ2) is 5.68. The molecule has 5 heteroatoms. The van der Waals surface area contributed by atoms with E-state index < -0.39 is 28.4 Å². The predicted octanol–water partition coefficient (Wildman–Crippen LogP) is 4.78. The number of rotatable bonds is 3. The fourth-order valence-corrected chi connectivity index (χ4v) is 2.03. The fourth-order valence-electron chi connectivity index (χ4n) is 1.62. The summed E-state index contributed by atoms with van der Waals surface area (Å²) in [5.74, 6) is -2.46. The summed E-state index contributed by atoms with van der Waals surface area (Å²) in [5.41, 5.74) is 0.106. The smallest absolute Gasteiger partial charge is 0.188 e. The van der Waals surface area contributed by atoms with E-state index >= 15 is 0 Å². The van der Waals surface area contributed by atoms with E-state index in [1.807, 2.05) is 0 Å². The molecule has 2 rings (SSSR count). The Morgan fingerprint density at radius 3 is 2.32 bits per heavy atom. The minimum absolute atomic E-state index is 0.375. The highest BCUT2D eigenvalue weighted by molar-refractivity contribution is 6.34. The van der Waals surface area contributed by atoms with Crippen LogP contribution in [0.2, 0.25) is 5.02 Å². The highest BCUT2D eigenvalue weighted by Crippen LogP contribution is 2.28. The second-order valence-corrected chi connectivity index (χ2v) is 4.73. The molecule has 0 spiro atoms. The van der Waals surface area contributed by atoms with Gasteiger partial charge in [-0.3, -0.25) is 4.79 Å². The first-order valence-corrected chi connectivity index (χ1v) is 6.20. The van der Waals surface area contributed by atoms with Gasteiger partial charge in [0.2, 0.25) is 0 Å². The number of benzene rings is 2. The van der Waals surface area contributed by atoms with Gasteiger partial charge in [-0.05, 0) is 17.7 Å². The number of hydrogen-bond donors (Lipinski definition) is 0.